The van der Waals surface area contributed by atoms with Gasteiger partial charge in [-0.05, 0) is 6.07 Å². The number of hydrogen-bond acceptors (Lipinski definition) is 3. The van der Waals surface area contributed by atoms with E-state index in [2.05, 4.69) is 18.7 Å². The van der Waals surface area contributed by atoms with E-state index in [1.165, 1.54) is 4.88 Å². The monoisotopic (exact) mass is 205 g/mol. The molecule has 1 aromatic heterocycles. The van der Waals surface area contributed by atoms with Crippen LogP contribution < -0.4 is 5.90 Å². The predicted octanol–water partition coefficient (Wildman–Crippen LogP) is 2.57. The van der Waals surface area contributed by atoms with Crippen molar-refractivity contribution in [2.75, 3.05) is 6.61 Å². The quantitative estimate of drug-likeness (QED) is 0.770. The van der Waals surface area contributed by atoms with Gasteiger partial charge in [0.1, 0.15) is 0 Å². The van der Waals surface area contributed by atoms with E-state index in [4.69, 9.17) is 17.5 Å². The molecule has 1 heterocycles. The maximum atomic E-state index is 5.80. The summed E-state index contributed by atoms with van der Waals surface area (Å²) in [6.45, 7) is 4.65. The van der Waals surface area contributed by atoms with E-state index < -0.39 is 0 Å². The molecule has 2 nitrogen and oxygen atoms in total. The minimum absolute atomic E-state index is 0.0491. The molecule has 0 bridgehead atoms. The molecule has 4 heteroatoms. The molecule has 2 N–H and O–H groups in total. The first-order valence-corrected chi connectivity index (χ1v) is 4.88. The zero-order valence-electron chi connectivity index (χ0n) is 7.13. The Morgan fingerprint density at radius 2 is 2.33 bits per heavy atom. The molecular weight excluding hydrogens is 194 g/mol. The molecular formula is C8H12ClNOS. The van der Waals surface area contributed by atoms with Gasteiger partial charge in [0.25, 0.3) is 0 Å². The summed E-state index contributed by atoms with van der Waals surface area (Å²) < 4.78 is 0. The van der Waals surface area contributed by atoms with Gasteiger partial charge < -0.3 is 4.84 Å². The molecule has 0 saturated carbocycles. The molecule has 0 radical (unpaired) electrons. The molecule has 0 aliphatic rings. The topological polar surface area (TPSA) is 35.2 Å². The van der Waals surface area contributed by atoms with Crippen LogP contribution in [0.4, 0.5) is 0 Å². The van der Waals surface area contributed by atoms with Crippen LogP contribution in [0.3, 0.4) is 0 Å². The summed E-state index contributed by atoms with van der Waals surface area (Å²) in [6.07, 6.45) is 0. The summed E-state index contributed by atoms with van der Waals surface area (Å²) >= 11 is 7.43. The normalized spacial score (nSPS) is 12.0. The second-order valence-corrected chi connectivity index (χ2v) is 4.67. The predicted molar refractivity (Wildman–Crippen MR) is 52.5 cm³/mol. The fraction of sp³-hybridized carbons (Fsp3) is 0.500. The summed E-state index contributed by atoms with van der Waals surface area (Å²) in [4.78, 5) is 5.83. The van der Waals surface area contributed by atoms with E-state index in [1.54, 1.807) is 11.3 Å². The Kier molecular flexibility index (Phi) is 3.12. The van der Waals surface area contributed by atoms with Gasteiger partial charge in [0.15, 0.2) is 0 Å². The second-order valence-electron chi connectivity index (χ2n) is 3.32. The Balaban J connectivity index is 2.81. The van der Waals surface area contributed by atoms with Crippen molar-refractivity contribution in [2.24, 2.45) is 5.90 Å². The van der Waals surface area contributed by atoms with Crippen molar-refractivity contribution in [3.05, 3.63) is 21.3 Å². The molecule has 68 valence electrons. The van der Waals surface area contributed by atoms with Gasteiger partial charge in [0, 0.05) is 15.7 Å². The van der Waals surface area contributed by atoms with E-state index in [-0.39, 0.29) is 5.41 Å². The lowest BCUT2D eigenvalue weighted by molar-refractivity contribution is 0.0976. The molecule has 1 aromatic rings. The van der Waals surface area contributed by atoms with E-state index >= 15 is 0 Å². The van der Waals surface area contributed by atoms with Gasteiger partial charge in [-0.1, -0.05) is 25.4 Å². The summed E-state index contributed by atoms with van der Waals surface area (Å²) in [5.74, 6) is 5.03. The molecule has 0 saturated heterocycles. The van der Waals surface area contributed by atoms with Crippen molar-refractivity contribution in [1.82, 2.24) is 0 Å². The lowest BCUT2D eigenvalue weighted by atomic mass is 9.93. The van der Waals surface area contributed by atoms with Gasteiger partial charge in [-0.25, -0.2) is 5.90 Å². The number of hydrogen-bond donors (Lipinski definition) is 1. The standard InChI is InChI=1S/C8H12ClNOS/c1-8(2,5-11-10)7-3-6(9)4-12-7/h3-4H,5,10H2,1-2H3. The zero-order valence-corrected chi connectivity index (χ0v) is 8.71. The Morgan fingerprint density at radius 1 is 1.67 bits per heavy atom. The second kappa shape index (κ2) is 3.75. The van der Waals surface area contributed by atoms with E-state index in [0.717, 1.165) is 5.02 Å². The summed E-state index contributed by atoms with van der Waals surface area (Å²) in [5, 5.41) is 2.69. The minimum Gasteiger partial charge on any atom is -0.304 e. The first kappa shape index (κ1) is 9.99. The van der Waals surface area contributed by atoms with Crippen molar-refractivity contribution < 1.29 is 4.84 Å². The van der Waals surface area contributed by atoms with Gasteiger partial charge in [-0.2, -0.15) is 0 Å². The largest absolute Gasteiger partial charge is 0.304 e. The van der Waals surface area contributed by atoms with Crippen LogP contribution in [0.15, 0.2) is 11.4 Å². The number of halogens is 1. The highest BCUT2D eigenvalue weighted by Crippen LogP contribution is 2.31. The molecule has 0 spiro atoms. The van der Waals surface area contributed by atoms with Gasteiger partial charge in [0.05, 0.1) is 11.6 Å². The number of nitrogens with two attached hydrogens (primary N) is 1. The Morgan fingerprint density at radius 3 is 2.75 bits per heavy atom. The van der Waals surface area contributed by atoms with Gasteiger partial charge >= 0.3 is 0 Å². The lowest BCUT2D eigenvalue weighted by Crippen LogP contribution is -2.24. The van der Waals surface area contributed by atoms with Crippen LogP contribution in [-0.4, -0.2) is 6.61 Å². The average molecular weight is 206 g/mol. The molecule has 12 heavy (non-hydrogen) atoms. The van der Waals surface area contributed by atoms with Gasteiger partial charge in [-0.15, -0.1) is 11.3 Å². The van der Waals surface area contributed by atoms with Crippen LogP contribution in [0.5, 0.6) is 0 Å². The third-order valence-electron chi connectivity index (χ3n) is 1.68. The smallest absolute Gasteiger partial charge is 0.0778 e. The minimum atomic E-state index is -0.0491. The highest BCUT2D eigenvalue weighted by Gasteiger charge is 2.22. The van der Waals surface area contributed by atoms with Crippen LogP contribution in [0.2, 0.25) is 5.02 Å². The summed E-state index contributed by atoms with van der Waals surface area (Å²) in [6, 6.07) is 1.95. The molecule has 0 atom stereocenters. The average Bonchev–Trinajstić information content (AvgIpc) is 2.36. The van der Waals surface area contributed by atoms with Crippen LogP contribution in [0.25, 0.3) is 0 Å². The Hall–Kier alpha value is -0.0900. The van der Waals surface area contributed by atoms with Crippen LogP contribution in [0, 0.1) is 0 Å². The Bertz CT molecular complexity index is 259. The molecule has 0 aliphatic carbocycles. The molecule has 1 rings (SSSR count). The van der Waals surface area contributed by atoms with Crippen molar-refractivity contribution in [2.45, 2.75) is 19.3 Å². The van der Waals surface area contributed by atoms with E-state index in [0.29, 0.717) is 6.61 Å². The molecule has 0 fully saturated rings. The summed E-state index contributed by atoms with van der Waals surface area (Å²) in [7, 11) is 0. The third-order valence-corrected chi connectivity index (χ3v) is 3.32. The van der Waals surface area contributed by atoms with E-state index in [1.807, 2.05) is 11.4 Å². The maximum Gasteiger partial charge on any atom is 0.0778 e. The molecule has 0 aliphatic heterocycles. The first-order valence-electron chi connectivity index (χ1n) is 3.62. The highest BCUT2D eigenvalue weighted by atomic mass is 35.5. The number of thiophene rings is 1. The van der Waals surface area contributed by atoms with Crippen molar-refractivity contribution in [1.29, 1.82) is 0 Å². The van der Waals surface area contributed by atoms with Crippen molar-refractivity contribution in [3.63, 3.8) is 0 Å². The number of rotatable bonds is 3. The van der Waals surface area contributed by atoms with E-state index in [9.17, 15) is 0 Å². The Labute approximate surface area is 81.2 Å². The molecule has 0 amide bonds. The third kappa shape index (κ3) is 2.20. The van der Waals surface area contributed by atoms with Crippen molar-refractivity contribution in [3.8, 4) is 0 Å². The van der Waals surface area contributed by atoms with Crippen LogP contribution in [0.1, 0.15) is 18.7 Å². The highest BCUT2D eigenvalue weighted by molar-refractivity contribution is 7.10. The van der Waals surface area contributed by atoms with Crippen LogP contribution in [-0.2, 0) is 10.3 Å². The van der Waals surface area contributed by atoms with Gasteiger partial charge in [0.2, 0.25) is 0 Å². The maximum absolute atomic E-state index is 5.80. The zero-order chi connectivity index (χ0) is 9.19. The molecule has 0 aromatic carbocycles. The lowest BCUT2D eigenvalue weighted by Gasteiger charge is -2.20. The fourth-order valence-electron chi connectivity index (χ4n) is 0.947. The molecule has 0 unspecified atom stereocenters. The van der Waals surface area contributed by atoms with Gasteiger partial charge in [-0.3, -0.25) is 0 Å². The summed E-state index contributed by atoms with van der Waals surface area (Å²) in [5.41, 5.74) is -0.0491. The van der Waals surface area contributed by atoms with Crippen molar-refractivity contribution >= 4 is 22.9 Å². The fourth-order valence-corrected chi connectivity index (χ4v) is 2.14. The van der Waals surface area contributed by atoms with Crippen LogP contribution >= 0.6 is 22.9 Å². The first-order chi connectivity index (χ1) is 5.56. The SMILES string of the molecule is CC(C)(CON)c1cc(Cl)cs1.